The maximum atomic E-state index is 4.28. The number of rotatable bonds is 8. The first-order valence-electron chi connectivity index (χ1n) is 7.85. The number of likely N-dealkylation sites (N-methyl/N-ethyl adjacent to an activating group) is 1. The average Bonchev–Trinajstić information content (AvgIpc) is 2.52. The standard InChI is InChI=1S/C17H30N4.HI/c1-5-21(4)14-13-19-17(18-3)20-15(2)11-12-16-9-7-6-8-10-16;/h6-10,15H,5,11-14H2,1-4H3,(H2,18,19,20);1H. The Morgan fingerprint density at radius 1 is 1.27 bits per heavy atom. The fraction of sp³-hybridized carbons (Fsp3) is 0.588. The molecule has 0 fully saturated rings. The van der Waals surface area contributed by atoms with Crippen molar-refractivity contribution in [1.82, 2.24) is 15.5 Å². The molecule has 0 aliphatic rings. The van der Waals surface area contributed by atoms with E-state index in [-0.39, 0.29) is 24.0 Å². The largest absolute Gasteiger partial charge is 0.355 e. The van der Waals surface area contributed by atoms with Crippen LogP contribution in [0.15, 0.2) is 35.3 Å². The summed E-state index contributed by atoms with van der Waals surface area (Å²) in [6.45, 7) is 7.37. The van der Waals surface area contributed by atoms with Crippen molar-refractivity contribution in [2.24, 2.45) is 4.99 Å². The summed E-state index contributed by atoms with van der Waals surface area (Å²) in [7, 11) is 3.95. The molecule has 0 aliphatic carbocycles. The lowest BCUT2D eigenvalue weighted by Crippen LogP contribution is -2.44. The van der Waals surface area contributed by atoms with Gasteiger partial charge in [0.2, 0.25) is 0 Å². The predicted molar refractivity (Wildman–Crippen MR) is 107 cm³/mol. The van der Waals surface area contributed by atoms with Gasteiger partial charge < -0.3 is 15.5 Å². The van der Waals surface area contributed by atoms with E-state index in [9.17, 15) is 0 Å². The minimum atomic E-state index is 0. The second kappa shape index (κ2) is 12.7. The molecule has 0 saturated heterocycles. The van der Waals surface area contributed by atoms with Crippen LogP contribution in [0.4, 0.5) is 0 Å². The molecule has 5 heteroatoms. The van der Waals surface area contributed by atoms with Crippen molar-refractivity contribution < 1.29 is 0 Å². The smallest absolute Gasteiger partial charge is 0.191 e. The van der Waals surface area contributed by atoms with Crippen LogP contribution < -0.4 is 10.6 Å². The van der Waals surface area contributed by atoms with Crippen LogP contribution in [0.2, 0.25) is 0 Å². The summed E-state index contributed by atoms with van der Waals surface area (Å²) in [5.74, 6) is 0.889. The molecule has 22 heavy (non-hydrogen) atoms. The second-order valence-corrected chi connectivity index (χ2v) is 5.46. The van der Waals surface area contributed by atoms with Crippen molar-refractivity contribution in [3.63, 3.8) is 0 Å². The number of hydrogen-bond acceptors (Lipinski definition) is 2. The number of aryl methyl sites for hydroxylation is 1. The molecular formula is C17H31IN4. The zero-order valence-corrected chi connectivity index (χ0v) is 16.6. The molecule has 1 unspecified atom stereocenters. The highest BCUT2D eigenvalue weighted by Gasteiger charge is 2.05. The summed E-state index contributed by atoms with van der Waals surface area (Å²) < 4.78 is 0. The highest BCUT2D eigenvalue weighted by Crippen LogP contribution is 2.04. The Labute approximate surface area is 152 Å². The predicted octanol–water partition coefficient (Wildman–Crippen LogP) is 2.74. The molecule has 1 aromatic carbocycles. The van der Waals surface area contributed by atoms with E-state index in [2.05, 4.69) is 71.8 Å². The molecule has 4 nitrogen and oxygen atoms in total. The quantitative estimate of drug-likeness (QED) is 0.388. The number of aliphatic imine (C=N–C) groups is 1. The topological polar surface area (TPSA) is 39.7 Å². The first-order valence-corrected chi connectivity index (χ1v) is 7.85. The Kier molecular flexibility index (Phi) is 12.2. The number of nitrogens with zero attached hydrogens (tertiary/aromatic N) is 2. The van der Waals surface area contributed by atoms with Crippen molar-refractivity contribution in [3.05, 3.63) is 35.9 Å². The third-order valence-corrected chi connectivity index (χ3v) is 3.64. The molecule has 0 bridgehead atoms. The maximum absolute atomic E-state index is 4.28. The van der Waals surface area contributed by atoms with Crippen molar-refractivity contribution in [3.8, 4) is 0 Å². The number of halogens is 1. The van der Waals surface area contributed by atoms with Gasteiger partial charge >= 0.3 is 0 Å². The lowest BCUT2D eigenvalue weighted by molar-refractivity contribution is 0.357. The summed E-state index contributed by atoms with van der Waals surface area (Å²) in [6.07, 6.45) is 2.18. The minimum absolute atomic E-state index is 0. The molecule has 0 amide bonds. The molecule has 2 N–H and O–H groups in total. The minimum Gasteiger partial charge on any atom is -0.355 e. The lowest BCUT2D eigenvalue weighted by Gasteiger charge is -2.19. The van der Waals surface area contributed by atoms with E-state index >= 15 is 0 Å². The molecule has 0 saturated carbocycles. The normalized spacial score (nSPS) is 12.7. The van der Waals surface area contributed by atoms with Gasteiger partial charge in [-0.15, -0.1) is 24.0 Å². The zero-order chi connectivity index (χ0) is 15.5. The molecule has 0 spiro atoms. The highest BCUT2D eigenvalue weighted by molar-refractivity contribution is 14.0. The Morgan fingerprint density at radius 2 is 1.95 bits per heavy atom. The van der Waals surface area contributed by atoms with Gasteiger partial charge in [-0.1, -0.05) is 37.3 Å². The van der Waals surface area contributed by atoms with Crippen LogP contribution in [0.25, 0.3) is 0 Å². The van der Waals surface area contributed by atoms with Crippen LogP contribution in [0.5, 0.6) is 0 Å². The number of nitrogens with one attached hydrogen (secondary N) is 2. The van der Waals surface area contributed by atoms with Crippen LogP contribution in [0, 0.1) is 0 Å². The second-order valence-electron chi connectivity index (χ2n) is 5.46. The molecule has 0 heterocycles. The summed E-state index contributed by atoms with van der Waals surface area (Å²) in [5, 5.41) is 6.81. The fourth-order valence-electron chi connectivity index (χ4n) is 2.05. The molecule has 1 aromatic rings. The van der Waals surface area contributed by atoms with E-state index < -0.39 is 0 Å². The van der Waals surface area contributed by atoms with Crippen LogP contribution in [-0.2, 0) is 6.42 Å². The lowest BCUT2D eigenvalue weighted by atomic mass is 10.1. The van der Waals surface area contributed by atoms with Gasteiger partial charge in [-0.25, -0.2) is 0 Å². The van der Waals surface area contributed by atoms with Crippen molar-refractivity contribution in [2.75, 3.05) is 33.7 Å². The number of guanidine groups is 1. The van der Waals surface area contributed by atoms with Crippen molar-refractivity contribution >= 4 is 29.9 Å². The summed E-state index contributed by atoms with van der Waals surface area (Å²) in [4.78, 5) is 6.56. The average molecular weight is 418 g/mol. The Bertz CT molecular complexity index is 408. The molecule has 1 atom stereocenters. The Hall–Kier alpha value is -0.820. The molecular weight excluding hydrogens is 387 g/mol. The van der Waals surface area contributed by atoms with E-state index in [1.54, 1.807) is 0 Å². The first kappa shape index (κ1) is 21.2. The van der Waals surface area contributed by atoms with Crippen molar-refractivity contribution in [1.29, 1.82) is 0 Å². The Morgan fingerprint density at radius 3 is 2.55 bits per heavy atom. The van der Waals surface area contributed by atoms with Gasteiger partial charge in [0.25, 0.3) is 0 Å². The van der Waals surface area contributed by atoms with E-state index in [1.807, 2.05) is 7.05 Å². The van der Waals surface area contributed by atoms with Crippen LogP contribution in [0.1, 0.15) is 25.8 Å². The monoisotopic (exact) mass is 418 g/mol. The first-order chi connectivity index (χ1) is 10.2. The van der Waals surface area contributed by atoms with Gasteiger partial charge in [0.15, 0.2) is 5.96 Å². The summed E-state index contributed by atoms with van der Waals surface area (Å²) in [5.41, 5.74) is 1.39. The molecule has 0 radical (unpaired) electrons. The van der Waals surface area contributed by atoms with Crippen LogP contribution in [0.3, 0.4) is 0 Å². The SMILES string of the molecule is CCN(C)CCNC(=NC)NC(C)CCc1ccccc1.I. The third-order valence-electron chi connectivity index (χ3n) is 3.64. The maximum Gasteiger partial charge on any atom is 0.191 e. The molecule has 126 valence electrons. The van der Waals surface area contributed by atoms with Crippen LogP contribution in [-0.4, -0.2) is 50.6 Å². The molecule has 1 rings (SSSR count). The fourth-order valence-corrected chi connectivity index (χ4v) is 2.05. The molecule has 0 aromatic heterocycles. The van der Waals surface area contributed by atoms with Gasteiger partial charge in [-0.05, 0) is 38.9 Å². The number of hydrogen-bond donors (Lipinski definition) is 2. The zero-order valence-electron chi connectivity index (χ0n) is 14.3. The third kappa shape index (κ3) is 9.25. The van der Waals surface area contributed by atoms with Gasteiger partial charge in [0.05, 0.1) is 0 Å². The highest BCUT2D eigenvalue weighted by atomic mass is 127. The summed E-state index contributed by atoms with van der Waals surface area (Å²) >= 11 is 0. The van der Waals surface area contributed by atoms with E-state index in [0.717, 1.165) is 38.4 Å². The Balaban J connectivity index is 0.00000441. The van der Waals surface area contributed by atoms with Gasteiger partial charge in [-0.2, -0.15) is 0 Å². The van der Waals surface area contributed by atoms with Gasteiger partial charge in [0.1, 0.15) is 0 Å². The van der Waals surface area contributed by atoms with E-state index in [4.69, 9.17) is 0 Å². The van der Waals surface area contributed by atoms with Gasteiger partial charge in [-0.3, -0.25) is 4.99 Å². The van der Waals surface area contributed by atoms with E-state index in [1.165, 1.54) is 5.56 Å². The molecule has 0 aliphatic heterocycles. The van der Waals surface area contributed by atoms with Crippen LogP contribution >= 0.6 is 24.0 Å². The van der Waals surface area contributed by atoms with Crippen molar-refractivity contribution in [2.45, 2.75) is 32.7 Å². The summed E-state index contributed by atoms with van der Waals surface area (Å²) in [6, 6.07) is 11.0. The number of benzene rings is 1. The van der Waals surface area contributed by atoms with Gasteiger partial charge in [0, 0.05) is 26.2 Å². The van der Waals surface area contributed by atoms with E-state index in [0.29, 0.717) is 6.04 Å².